The third-order valence-electron chi connectivity index (χ3n) is 5.56. The van der Waals surface area contributed by atoms with Crippen LogP contribution in [-0.2, 0) is 11.2 Å². The fourth-order valence-corrected chi connectivity index (χ4v) is 3.60. The minimum atomic E-state index is -0.131. The first kappa shape index (κ1) is 22.0. The molecule has 6 heteroatoms. The molecule has 166 valence electrons. The number of aryl methyl sites for hydroxylation is 2. The van der Waals surface area contributed by atoms with Crippen LogP contribution in [0.3, 0.4) is 0 Å². The van der Waals surface area contributed by atoms with Gasteiger partial charge >= 0.3 is 0 Å². The summed E-state index contributed by atoms with van der Waals surface area (Å²) < 4.78 is 11.5. The Morgan fingerprint density at radius 1 is 1.12 bits per heavy atom. The number of nitrogens with zero attached hydrogens (tertiary/aromatic N) is 2. The quantitative estimate of drug-likeness (QED) is 0.580. The van der Waals surface area contributed by atoms with Crippen LogP contribution < -0.4 is 10.1 Å². The molecular formula is C26H29N3O3. The molecule has 6 nitrogen and oxygen atoms in total. The highest BCUT2D eigenvalue weighted by atomic mass is 16.5. The Labute approximate surface area is 189 Å². The van der Waals surface area contributed by atoms with Gasteiger partial charge in [-0.3, -0.25) is 14.8 Å². The van der Waals surface area contributed by atoms with Gasteiger partial charge in [0, 0.05) is 48.3 Å². The van der Waals surface area contributed by atoms with E-state index in [-0.39, 0.29) is 5.91 Å². The lowest BCUT2D eigenvalue weighted by atomic mass is 10.1. The van der Waals surface area contributed by atoms with Gasteiger partial charge in [0.1, 0.15) is 5.75 Å². The van der Waals surface area contributed by atoms with E-state index in [1.165, 1.54) is 0 Å². The van der Waals surface area contributed by atoms with Crippen LogP contribution in [0, 0.1) is 19.8 Å². The summed E-state index contributed by atoms with van der Waals surface area (Å²) >= 11 is 0. The van der Waals surface area contributed by atoms with Crippen LogP contribution in [-0.4, -0.2) is 42.2 Å². The lowest BCUT2D eigenvalue weighted by Crippen LogP contribution is -2.26. The van der Waals surface area contributed by atoms with E-state index in [2.05, 4.69) is 15.3 Å². The molecule has 1 aliphatic rings. The van der Waals surface area contributed by atoms with E-state index in [0.29, 0.717) is 30.4 Å². The summed E-state index contributed by atoms with van der Waals surface area (Å²) in [5.74, 6) is 0.925. The van der Waals surface area contributed by atoms with Gasteiger partial charge in [0.15, 0.2) is 0 Å². The lowest BCUT2D eigenvalue weighted by Gasteiger charge is -2.14. The van der Waals surface area contributed by atoms with Gasteiger partial charge in [-0.15, -0.1) is 0 Å². The van der Waals surface area contributed by atoms with E-state index in [0.717, 1.165) is 54.1 Å². The van der Waals surface area contributed by atoms with E-state index in [1.807, 2.05) is 62.6 Å². The Morgan fingerprint density at radius 2 is 2.03 bits per heavy atom. The highest BCUT2D eigenvalue weighted by Gasteiger charge is 2.17. The summed E-state index contributed by atoms with van der Waals surface area (Å²) in [6.07, 6.45) is 5.40. The van der Waals surface area contributed by atoms with Gasteiger partial charge in [0.05, 0.1) is 18.9 Å². The molecule has 0 spiro atoms. The molecule has 4 rings (SSSR count). The number of amides is 1. The van der Waals surface area contributed by atoms with E-state index in [1.54, 1.807) is 6.07 Å². The summed E-state index contributed by atoms with van der Waals surface area (Å²) in [5, 5.41) is 3.01. The molecule has 2 aromatic heterocycles. The minimum Gasteiger partial charge on any atom is -0.493 e. The van der Waals surface area contributed by atoms with Gasteiger partial charge < -0.3 is 14.8 Å². The highest BCUT2D eigenvalue weighted by Crippen LogP contribution is 2.26. The van der Waals surface area contributed by atoms with Crippen molar-refractivity contribution in [3.63, 3.8) is 0 Å². The molecule has 3 aromatic rings. The van der Waals surface area contributed by atoms with Crippen molar-refractivity contribution in [1.82, 2.24) is 15.3 Å². The zero-order valence-corrected chi connectivity index (χ0v) is 18.6. The van der Waals surface area contributed by atoms with Crippen molar-refractivity contribution in [3.8, 4) is 17.0 Å². The average Bonchev–Trinajstić information content (AvgIpc) is 3.33. The van der Waals surface area contributed by atoms with Crippen molar-refractivity contribution in [2.24, 2.45) is 5.92 Å². The molecule has 0 saturated carbocycles. The Hall–Kier alpha value is -3.25. The molecule has 1 N–H and O–H groups in total. The maximum absolute atomic E-state index is 12.9. The number of pyridine rings is 2. The Balaban J connectivity index is 1.48. The van der Waals surface area contributed by atoms with Gasteiger partial charge in [0.2, 0.25) is 0 Å². The molecule has 3 heterocycles. The summed E-state index contributed by atoms with van der Waals surface area (Å²) in [6, 6.07) is 13.6. The second kappa shape index (κ2) is 10.4. The number of nitrogens with one attached hydrogen (secondary N) is 1. The first-order valence-electron chi connectivity index (χ1n) is 11.1. The standard InChI is InChI=1S/C26H29N3O3/c1-18-3-6-25(29-14-18)22-11-23(13-24(12-22)32-17-21-8-10-31-16-21)26(30)27-9-7-20-5-4-19(2)28-15-20/h3-6,11-15,21H,7-10,16-17H2,1-2H3,(H,27,30)/t21-/m1/s1. The monoisotopic (exact) mass is 431 g/mol. The molecule has 0 radical (unpaired) electrons. The molecule has 1 aliphatic heterocycles. The summed E-state index contributed by atoms with van der Waals surface area (Å²) in [5.41, 5.74) is 5.39. The number of aromatic nitrogens is 2. The van der Waals surface area contributed by atoms with Crippen LogP contribution in [0.5, 0.6) is 5.75 Å². The number of benzene rings is 1. The van der Waals surface area contributed by atoms with E-state index in [9.17, 15) is 4.79 Å². The number of carbonyl (C=O) groups excluding carboxylic acids is 1. The second-order valence-electron chi connectivity index (χ2n) is 8.32. The van der Waals surface area contributed by atoms with Crippen molar-refractivity contribution < 1.29 is 14.3 Å². The number of ether oxygens (including phenoxy) is 2. The molecule has 32 heavy (non-hydrogen) atoms. The largest absolute Gasteiger partial charge is 0.493 e. The van der Waals surface area contributed by atoms with Crippen LogP contribution in [0.15, 0.2) is 54.9 Å². The lowest BCUT2D eigenvalue weighted by molar-refractivity contribution is 0.0953. The van der Waals surface area contributed by atoms with Crippen LogP contribution in [0.2, 0.25) is 0 Å². The minimum absolute atomic E-state index is 0.131. The predicted molar refractivity (Wildman–Crippen MR) is 124 cm³/mol. The number of hydrogen-bond acceptors (Lipinski definition) is 5. The third-order valence-corrected chi connectivity index (χ3v) is 5.56. The van der Waals surface area contributed by atoms with Crippen molar-refractivity contribution >= 4 is 5.91 Å². The first-order chi connectivity index (χ1) is 15.6. The Kier molecular flexibility index (Phi) is 7.12. The Morgan fingerprint density at radius 3 is 2.75 bits per heavy atom. The molecule has 0 unspecified atom stereocenters. The van der Waals surface area contributed by atoms with Crippen molar-refractivity contribution in [1.29, 1.82) is 0 Å². The zero-order valence-electron chi connectivity index (χ0n) is 18.6. The fraction of sp³-hybridized carbons (Fsp3) is 0.346. The van der Waals surface area contributed by atoms with Gasteiger partial charge in [-0.1, -0.05) is 12.1 Å². The average molecular weight is 432 g/mol. The van der Waals surface area contributed by atoms with Crippen LogP contribution in [0.25, 0.3) is 11.3 Å². The van der Waals surface area contributed by atoms with Gasteiger partial charge in [-0.25, -0.2) is 0 Å². The molecule has 0 aliphatic carbocycles. The zero-order chi connectivity index (χ0) is 22.3. The second-order valence-corrected chi connectivity index (χ2v) is 8.32. The number of rotatable bonds is 8. The summed E-state index contributed by atoms with van der Waals surface area (Å²) in [6.45, 7) is 6.58. The molecular weight excluding hydrogens is 402 g/mol. The molecule has 1 atom stereocenters. The fourth-order valence-electron chi connectivity index (χ4n) is 3.60. The molecule has 1 amide bonds. The van der Waals surface area contributed by atoms with Crippen molar-refractivity contribution in [2.45, 2.75) is 26.7 Å². The third kappa shape index (κ3) is 5.92. The maximum Gasteiger partial charge on any atom is 0.251 e. The molecule has 1 saturated heterocycles. The van der Waals surface area contributed by atoms with Crippen LogP contribution >= 0.6 is 0 Å². The highest BCUT2D eigenvalue weighted by molar-refractivity contribution is 5.96. The topological polar surface area (TPSA) is 73.3 Å². The number of carbonyl (C=O) groups is 1. The smallest absolute Gasteiger partial charge is 0.251 e. The van der Waals surface area contributed by atoms with Gasteiger partial charge in [-0.2, -0.15) is 0 Å². The Bertz CT molecular complexity index is 1040. The number of hydrogen-bond donors (Lipinski definition) is 1. The molecule has 1 aromatic carbocycles. The maximum atomic E-state index is 12.9. The van der Waals surface area contributed by atoms with Crippen LogP contribution in [0.4, 0.5) is 0 Å². The van der Waals surface area contributed by atoms with Crippen LogP contribution in [0.1, 0.15) is 33.6 Å². The van der Waals surface area contributed by atoms with Gasteiger partial charge in [-0.05, 0) is 68.1 Å². The molecule has 0 bridgehead atoms. The SMILES string of the molecule is Cc1ccc(-c2cc(OC[C@@H]3CCOC3)cc(C(=O)NCCc3ccc(C)nc3)c2)nc1. The van der Waals surface area contributed by atoms with E-state index in [4.69, 9.17) is 9.47 Å². The normalized spacial score (nSPS) is 15.5. The summed E-state index contributed by atoms with van der Waals surface area (Å²) in [7, 11) is 0. The predicted octanol–water partition coefficient (Wildman–Crippen LogP) is 4.15. The van der Waals surface area contributed by atoms with Crippen molar-refractivity contribution in [3.05, 3.63) is 77.2 Å². The first-order valence-corrected chi connectivity index (χ1v) is 11.1. The van der Waals surface area contributed by atoms with Crippen molar-refractivity contribution in [2.75, 3.05) is 26.4 Å². The molecule has 1 fully saturated rings. The van der Waals surface area contributed by atoms with E-state index >= 15 is 0 Å². The van der Waals surface area contributed by atoms with E-state index < -0.39 is 0 Å². The summed E-state index contributed by atoms with van der Waals surface area (Å²) in [4.78, 5) is 21.7. The van der Waals surface area contributed by atoms with Gasteiger partial charge in [0.25, 0.3) is 5.91 Å².